The maximum absolute atomic E-state index is 5.78. The second-order valence-corrected chi connectivity index (χ2v) is 5.89. The van der Waals surface area contributed by atoms with Gasteiger partial charge in [-0.1, -0.05) is 42.5 Å². The minimum atomic E-state index is 0.796. The van der Waals surface area contributed by atoms with Crippen molar-refractivity contribution in [3.63, 3.8) is 0 Å². The summed E-state index contributed by atoms with van der Waals surface area (Å²) < 4.78 is 1.14. The molecule has 0 amide bonds. The van der Waals surface area contributed by atoms with E-state index in [0.29, 0.717) is 0 Å². The van der Waals surface area contributed by atoms with E-state index in [4.69, 9.17) is 5.73 Å². The minimum Gasteiger partial charge on any atom is -0.399 e. The first-order chi connectivity index (χ1) is 9.74. The van der Waals surface area contributed by atoms with Gasteiger partial charge < -0.3 is 11.1 Å². The Bertz CT molecular complexity index is 748. The van der Waals surface area contributed by atoms with Crippen molar-refractivity contribution < 1.29 is 0 Å². The fourth-order valence-corrected chi connectivity index (χ4v) is 3.04. The summed E-state index contributed by atoms with van der Waals surface area (Å²) in [5, 5.41) is 6.06. The van der Waals surface area contributed by atoms with Crippen LogP contribution in [0.2, 0.25) is 0 Å². The molecule has 2 nitrogen and oxygen atoms in total. The third-order valence-corrected chi connectivity index (χ3v) is 4.23. The standard InChI is InChI=1S/C17H15IN2/c18-16-10-14(19)8-9-17(16)20-11-13-6-3-5-12-4-1-2-7-15(12)13/h1-10,20H,11,19H2. The van der Waals surface area contributed by atoms with E-state index in [2.05, 4.69) is 70.4 Å². The molecule has 0 aliphatic carbocycles. The van der Waals surface area contributed by atoms with Gasteiger partial charge >= 0.3 is 0 Å². The van der Waals surface area contributed by atoms with Gasteiger partial charge in [0.2, 0.25) is 0 Å². The van der Waals surface area contributed by atoms with E-state index in [1.807, 2.05) is 18.2 Å². The van der Waals surface area contributed by atoms with E-state index < -0.39 is 0 Å². The molecule has 0 heterocycles. The Morgan fingerprint density at radius 2 is 1.75 bits per heavy atom. The molecule has 0 radical (unpaired) electrons. The highest BCUT2D eigenvalue weighted by Gasteiger charge is 2.02. The van der Waals surface area contributed by atoms with Crippen LogP contribution in [0.4, 0.5) is 11.4 Å². The van der Waals surface area contributed by atoms with Gasteiger partial charge in [-0.3, -0.25) is 0 Å². The molecule has 0 saturated heterocycles. The van der Waals surface area contributed by atoms with Crippen molar-refractivity contribution in [2.45, 2.75) is 6.54 Å². The quantitative estimate of drug-likeness (QED) is 0.518. The maximum atomic E-state index is 5.78. The number of halogens is 1. The van der Waals surface area contributed by atoms with E-state index in [1.165, 1.54) is 16.3 Å². The van der Waals surface area contributed by atoms with Crippen molar-refractivity contribution in [1.82, 2.24) is 0 Å². The van der Waals surface area contributed by atoms with E-state index in [-0.39, 0.29) is 0 Å². The third-order valence-electron chi connectivity index (χ3n) is 3.34. The van der Waals surface area contributed by atoms with Gasteiger partial charge in [0.15, 0.2) is 0 Å². The number of fused-ring (bicyclic) bond motifs is 1. The van der Waals surface area contributed by atoms with E-state index in [1.54, 1.807) is 0 Å². The molecule has 0 spiro atoms. The zero-order chi connectivity index (χ0) is 13.9. The number of nitrogens with two attached hydrogens (primary N) is 1. The lowest BCUT2D eigenvalue weighted by Gasteiger charge is -2.11. The minimum absolute atomic E-state index is 0.796. The lowest BCUT2D eigenvalue weighted by atomic mass is 10.0. The second kappa shape index (κ2) is 5.71. The van der Waals surface area contributed by atoms with Crippen LogP contribution in [0.5, 0.6) is 0 Å². The molecule has 0 bridgehead atoms. The van der Waals surface area contributed by atoms with Crippen LogP contribution in [0.1, 0.15) is 5.56 Å². The fourth-order valence-electron chi connectivity index (χ4n) is 2.31. The highest BCUT2D eigenvalue weighted by atomic mass is 127. The van der Waals surface area contributed by atoms with Gasteiger partial charge in [0.05, 0.1) is 0 Å². The van der Waals surface area contributed by atoms with Crippen molar-refractivity contribution in [1.29, 1.82) is 0 Å². The predicted molar refractivity (Wildman–Crippen MR) is 94.8 cm³/mol. The summed E-state index contributed by atoms with van der Waals surface area (Å²) in [6.45, 7) is 0.807. The summed E-state index contributed by atoms with van der Waals surface area (Å²) in [6, 6.07) is 20.8. The molecule has 100 valence electrons. The van der Waals surface area contributed by atoms with Gasteiger partial charge in [0, 0.05) is 21.5 Å². The van der Waals surface area contributed by atoms with Crippen LogP contribution in [-0.4, -0.2) is 0 Å². The number of nitrogens with one attached hydrogen (secondary N) is 1. The van der Waals surface area contributed by atoms with Gasteiger partial charge in [-0.2, -0.15) is 0 Å². The van der Waals surface area contributed by atoms with Gasteiger partial charge in [0.1, 0.15) is 0 Å². The molecule has 3 aromatic carbocycles. The maximum Gasteiger partial charge on any atom is 0.0480 e. The molecule has 0 aromatic heterocycles. The summed E-state index contributed by atoms with van der Waals surface area (Å²) in [5.41, 5.74) is 8.99. The van der Waals surface area contributed by atoms with Crippen LogP contribution in [0, 0.1) is 3.57 Å². The van der Waals surface area contributed by atoms with Gasteiger partial charge in [0.25, 0.3) is 0 Å². The molecule has 0 saturated carbocycles. The first kappa shape index (κ1) is 13.2. The topological polar surface area (TPSA) is 38.0 Å². The van der Waals surface area contributed by atoms with Crippen molar-refractivity contribution in [2.24, 2.45) is 0 Å². The highest BCUT2D eigenvalue weighted by molar-refractivity contribution is 14.1. The molecule has 3 aromatic rings. The number of benzene rings is 3. The van der Waals surface area contributed by atoms with E-state index in [0.717, 1.165) is 21.5 Å². The third kappa shape index (κ3) is 2.72. The summed E-state index contributed by atoms with van der Waals surface area (Å²) in [6.07, 6.45) is 0. The fraction of sp³-hybridized carbons (Fsp3) is 0.0588. The average molecular weight is 374 g/mol. The first-order valence-electron chi connectivity index (χ1n) is 6.49. The first-order valence-corrected chi connectivity index (χ1v) is 7.57. The predicted octanol–water partition coefficient (Wildman–Crippen LogP) is 4.64. The second-order valence-electron chi connectivity index (χ2n) is 4.73. The monoisotopic (exact) mass is 374 g/mol. The van der Waals surface area contributed by atoms with Crippen molar-refractivity contribution in [3.8, 4) is 0 Å². The molecule has 3 N–H and O–H groups in total. The summed E-state index contributed by atoms with van der Waals surface area (Å²) in [7, 11) is 0. The molecular formula is C17H15IN2. The Hall–Kier alpha value is -1.75. The average Bonchev–Trinajstić information content (AvgIpc) is 2.46. The van der Waals surface area contributed by atoms with Crippen molar-refractivity contribution >= 4 is 44.7 Å². The van der Waals surface area contributed by atoms with Crippen LogP contribution >= 0.6 is 22.6 Å². The highest BCUT2D eigenvalue weighted by Crippen LogP contribution is 2.23. The Labute approximate surface area is 132 Å². The Balaban J connectivity index is 1.87. The van der Waals surface area contributed by atoms with Gasteiger partial charge in [-0.15, -0.1) is 0 Å². The molecule has 0 atom stereocenters. The number of rotatable bonds is 3. The Morgan fingerprint density at radius 1 is 0.950 bits per heavy atom. The molecule has 0 aliphatic rings. The number of hydrogen-bond donors (Lipinski definition) is 2. The van der Waals surface area contributed by atoms with Gasteiger partial charge in [-0.05, 0) is 57.1 Å². The molecule has 0 aliphatic heterocycles. The normalized spacial score (nSPS) is 10.7. The number of anilines is 2. The Morgan fingerprint density at radius 3 is 2.60 bits per heavy atom. The van der Waals surface area contributed by atoms with Gasteiger partial charge in [-0.25, -0.2) is 0 Å². The van der Waals surface area contributed by atoms with E-state index in [9.17, 15) is 0 Å². The van der Waals surface area contributed by atoms with Crippen LogP contribution in [0.25, 0.3) is 10.8 Å². The van der Waals surface area contributed by atoms with Crippen LogP contribution < -0.4 is 11.1 Å². The SMILES string of the molecule is Nc1ccc(NCc2cccc3ccccc23)c(I)c1. The van der Waals surface area contributed by atoms with E-state index >= 15 is 0 Å². The summed E-state index contributed by atoms with van der Waals surface area (Å²) in [5.74, 6) is 0. The molecule has 3 heteroatoms. The molecule has 0 unspecified atom stereocenters. The lowest BCUT2D eigenvalue weighted by molar-refractivity contribution is 1.16. The zero-order valence-corrected chi connectivity index (χ0v) is 13.1. The molecular weight excluding hydrogens is 359 g/mol. The molecule has 0 fully saturated rings. The number of hydrogen-bond acceptors (Lipinski definition) is 2. The zero-order valence-electron chi connectivity index (χ0n) is 10.9. The van der Waals surface area contributed by atoms with Crippen LogP contribution in [-0.2, 0) is 6.54 Å². The number of nitrogen functional groups attached to an aromatic ring is 1. The van der Waals surface area contributed by atoms with Crippen molar-refractivity contribution in [3.05, 3.63) is 69.8 Å². The Kier molecular flexibility index (Phi) is 3.78. The smallest absolute Gasteiger partial charge is 0.0480 e. The molecule has 3 rings (SSSR count). The summed E-state index contributed by atoms with van der Waals surface area (Å²) >= 11 is 2.30. The van der Waals surface area contributed by atoms with Crippen molar-refractivity contribution in [2.75, 3.05) is 11.1 Å². The summed E-state index contributed by atoms with van der Waals surface area (Å²) in [4.78, 5) is 0. The van der Waals surface area contributed by atoms with Crippen LogP contribution in [0.15, 0.2) is 60.7 Å². The lowest BCUT2D eigenvalue weighted by Crippen LogP contribution is -2.02. The van der Waals surface area contributed by atoms with Crippen LogP contribution in [0.3, 0.4) is 0 Å². The molecule has 20 heavy (non-hydrogen) atoms. The largest absolute Gasteiger partial charge is 0.399 e.